The van der Waals surface area contributed by atoms with Gasteiger partial charge in [-0.15, -0.1) is 5.10 Å². The van der Waals surface area contributed by atoms with E-state index in [-0.39, 0.29) is 11.7 Å². The summed E-state index contributed by atoms with van der Waals surface area (Å²) in [5, 5.41) is 23.6. The molecule has 1 heterocycles. The summed E-state index contributed by atoms with van der Waals surface area (Å²) < 4.78 is 6.68. The van der Waals surface area contributed by atoms with Crippen molar-refractivity contribution in [1.29, 1.82) is 5.26 Å². The van der Waals surface area contributed by atoms with Gasteiger partial charge in [-0.2, -0.15) is 9.94 Å². The number of hydrogen-bond donors (Lipinski definition) is 1. The third-order valence-corrected chi connectivity index (χ3v) is 4.31. The number of hydrogen-bond acceptors (Lipinski definition) is 7. The molecule has 26 heavy (non-hydrogen) atoms. The lowest BCUT2D eigenvalue weighted by molar-refractivity contribution is -0.113. The van der Waals surface area contributed by atoms with Gasteiger partial charge < -0.3 is 10.1 Å². The third-order valence-electron chi connectivity index (χ3n) is 3.39. The Bertz CT molecular complexity index is 931. The summed E-state index contributed by atoms with van der Waals surface area (Å²) in [4.78, 5) is 12.1. The second kappa shape index (κ2) is 8.13. The van der Waals surface area contributed by atoms with Crippen molar-refractivity contribution in [3.8, 4) is 17.5 Å². The van der Waals surface area contributed by atoms with Crippen LogP contribution < -0.4 is 10.1 Å². The van der Waals surface area contributed by atoms with E-state index in [1.807, 2.05) is 30.3 Å². The zero-order chi connectivity index (χ0) is 18.4. The fraction of sp³-hybridized carbons (Fsp3) is 0.118. The average molecular weight is 366 g/mol. The molecule has 0 aliphatic rings. The zero-order valence-corrected chi connectivity index (χ0v) is 14.6. The minimum Gasteiger partial charge on any atom is -0.497 e. The molecule has 0 aliphatic carbocycles. The molecule has 0 spiro atoms. The molecule has 0 unspecified atom stereocenters. The lowest BCUT2D eigenvalue weighted by Crippen LogP contribution is -2.14. The molecule has 9 heteroatoms. The normalized spacial score (nSPS) is 10.2. The number of ether oxygens (including phenoxy) is 1. The second-order valence-electron chi connectivity index (χ2n) is 5.10. The first kappa shape index (κ1) is 17.4. The van der Waals surface area contributed by atoms with Crippen molar-refractivity contribution < 1.29 is 9.53 Å². The highest BCUT2D eigenvalue weighted by molar-refractivity contribution is 7.99. The van der Waals surface area contributed by atoms with E-state index in [1.165, 1.54) is 11.8 Å². The number of anilines is 1. The lowest BCUT2D eigenvalue weighted by atomic mass is 10.2. The number of nitrogens with one attached hydrogen (secondary N) is 1. The van der Waals surface area contributed by atoms with Gasteiger partial charge in [-0.05, 0) is 59.0 Å². The minimum absolute atomic E-state index is 0.149. The Hall–Kier alpha value is -3.38. The highest BCUT2D eigenvalue weighted by Gasteiger charge is 2.12. The van der Waals surface area contributed by atoms with Crippen LogP contribution in [0.5, 0.6) is 5.75 Å². The molecule has 0 bridgehead atoms. The fourth-order valence-electron chi connectivity index (χ4n) is 2.11. The van der Waals surface area contributed by atoms with Crippen molar-refractivity contribution >= 4 is 23.4 Å². The predicted octanol–water partition coefficient (Wildman–Crippen LogP) is 2.27. The summed E-state index contributed by atoms with van der Waals surface area (Å²) in [7, 11) is 1.60. The number of methoxy groups -OCH3 is 1. The van der Waals surface area contributed by atoms with E-state index in [1.54, 1.807) is 36.1 Å². The van der Waals surface area contributed by atoms with Crippen molar-refractivity contribution in [2.24, 2.45) is 0 Å². The van der Waals surface area contributed by atoms with Crippen molar-refractivity contribution in [1.82, 2.24) is 20.2 Å². The van der Waals surface area contributed by atoms with Crippen LogP contribution in [0.2, 0.25) is 0 Å². The molecular weight excluding hydrogens is 352 g/mol. The van der Waals surface area contributed by atoms with Crippen molar-refractivity contribution in [2.45, 2.75) is 5.16 Å². The maximum Gasteiger partial charge on any atom is 0.234 e. The van der Waals surface area contributed by atoms with E-state index in [9.17, 15) is 4.79 Å². The van der Waals surface area contributed by atoms with Gasteiger partial charge in [0.15, 0.2) is 0 Å². The van der Waals surface area contributed by atoms with Gasteiger partial charge in [-0.25, -0.2) is 0 Å². The SMILES string of the molecule is COc1ccc(-n2nnnc2SCC(=O)Nc2ccc(C#N)cc2)cc1. The number of aromatic nitrogens is 4. The maximum atomic E-state index is 12.1. The number of carbonyl (C=O) groups is 1. The largest absolute Gasteiger partial charge is 0.497 e. The molecule has 0 saturated carbocycles. The fourth-order valence-corrected chi connectivity index (χ4v) is 2.80. The highest BCUT2D eigenvalue weighted by Crippen LogP contribution is 2.20. The molecular formula is C17H14N6O2S. The van der Waals surface area contributed by atoms with Gasteiger partial charge in [0, 0.05) is 5.69 Å². The Morgan fingerprint density at radius 2 is 1.96 bits per heavy atom. The van der Waals surface area contributed by atoms with Crippen LogP contribution in [-0.2, 0) is 4.79 Å². The van der Waals surface area contributed by atoms with Crippen LogP contribution >= 0.6 is 11.8 Å². The highest BCUT2D eigenvalue weighted by atomic mass is 32.2. The molecule has 0 fully saturated rings. The van der Waals surface area contributed by atoms with Gasteiger partial charge in [0.25, 0.3) is 0 Å². The number of benzene rings is 2. The number of nitriles is 1. The lowest BCUT2D eigenvalue weighted by Gasteiger charge is -2.06. The first-order valence-electron chi connectivity index (χ1n) is 7.55. The van der Waals surface area contributed by atoms with Crippen molar-refractivity contribution in [3.63, 3.8) is 0 Å². The van der Waals surface area contributed by atoms with Crippen LogP contribution in [0.15, 0.2) is 53.7 Å². The molecule has 0 saturated heterocycles. The van der Waals surface area contributed by atoms with E-state index < -0.39 is 0 Å². The summed E-state index contributed by atoms with van der Waals surface area (Å²) >= 11 is 1.22. The molecule has 2 aromatic carbocycles. The average Bonchev–Trinajstić information content (AvgIpc) is 3.15. The van der Waals surface area contributed by atoms with Gasteiger partial charge in [-0.3, -0.25) is 4.79 Å². The quantitative estimate of drug-likeness (QED) is 0.667. The maximum absolute atomic E-state index is 12.1. The van der Waals surface area contributed by atoms with E-state index in [2.05, 4.69) is 20.8 Å². The number of thioether (sulfide) groups is 1. The summed E-state index contributed by atoms with van der Waals surface area (Å²) in [5.74, 6) is 0.693. The molecule has 0 radical (unpaired) electrons. The number of amides is 1. The topological polar surface area (TPSA) is 106 Å². The summed E-state index contributed by atoms with van der Waals surface area (Å²) in [6.07, 6.45) is 0. The zero-order valence-electron chi connectivity index (χ0n) is 13.8. The Morgan fingerprint density at radius 1 is 1.23 bits per heavy atom. The number of carbonyl (C=O) groups excluding carboxylic acids is 1. The van der Waals surface area contributed by atoms with Gasteiger partial charge in [0.05, 0.1) is 30.2 Å². The number of rotatable bonds is 6. The Kier molecular flexibility index (Phi) is 5.46. The van der Waals surface area contributed by atoms with Crippen LogP contribution in [0.1, 0.15) is 5.56 Å². The molecule has 1 aromatic heterocycles. The molecule has 0 aliphatic heterocycles. The standard InChI is InChI=1S/C17H14N6O2S/c1-25-15-8-6-14(7-9-15)23-17(20-21-22-23)26-11-16(24)19-13-4-2-12(10-18)3-5-13/h2-9H,11H2,1H3,(H,19,24). The Balaban J connectivity index is 1.62. The molecule has 1 amide bonds. The number of tetrazole rings is 1. The molecule has 3 aromatic rings. The van der Waals surface area contributed by atoms with Crippen LogP contribution in [0, 0.1) is 11.3 Å². The first-order chi connectivity index (χ1) is 12.7. The summed E-state index contributed by atoms with van der Waals surface area (Å²) in [6, 6.07) is 16.0. The second-order valence-corrected chi connectivity index (χ2v) is 6.04. The van der Waals surface area contributed by atoms with Crippen molar-refractivity contribution in [2.75, 3.05) is 18.2 Å². The van der Waals surface area contributed by atoms with E-state index in [4.69, 9.17) is 10.00 Å². The third kappa shape index (κ3) is 4.17. The Labute approximate surface area is 153 Å². The molecule has 0 atom stereocenters. The van der Waals surface area contributed by atoms with Gasteiger partial charge in [0.1, 0.15) is 5.75 Å². The molecule has 1 N–H and O–H groups in total. The summed E-state index contributed by atoms with van der Waals surface area (Å²) in [5.41, 5.74) is 1.94. The van der Waals surface area contributed by atoms with E-state index in [0.29, 0.717) is 16.4 Å². The molecule has 8 nitrogen and oxygen atoms in total. The van der Waals surface area contributed by atoms with E-state index in [0.717, 1.165) is 11.4 Å². The summed E-state index contributed by atoms with van der Waals surface area (Å²) in [6.45, 7) is 0. The first-order valence-corrected chi connectivity index (χ1v) is 8.54. The van der Waals surface area contributed by atoms with E-state index >= 15 is 0 Å². The predicted molar refractivity (Wildman–Crippen MR) is 96.2 cm³/mol. The van der Waals surface area contributed by atoms with Crippen LogP contribution in [-0.4, -0.2) is 39.0 Å². The minimum atomic E-state index is -0.191. The smallest absolute Gasteiger partial charge is 0.234 e. The van der Waals surface area contributed by atoms with Crippen molar-refractivity contribution in [3.05, 3.63) is 54.1 Å². The molecule has 3 rings (SSSR count). The van der Waals surface area contributed by atoms with Gasteiger partial charge in [0.2, 0.25) is 11.1 Å². The van der Waals surface area contributed by atoms with Crippen LogP contribution in [0.4, 0.5) is 5.69 Å². The molecule has 130 valence electrons. The van der Waals surface area contributed by atoms with Gasteiger partial charge >= 0.3 is 0 Å². The monoisotopic (exact) mass is 366 g/mol. The van der Waals surface area contributed by atoms with Crippen LogP contribution in [0.3, 0.4) is 0 Å². The van der Waals surface area contributed by atoms with Gasteiger partial charge in [-0.1, -0.05) is 11.8 Å². The Morgan fingerprint density at radius 3 is 2.62 bits per heavy atom. The number of nitrogens with zero attached hydrogens (tertiary/aromatic N) is 5. The van der Waals surface area contributed by atoms with Crippen LogP contribution in [0.25, 0.3) is 5.69 Å².